The molecule has 3 N–H and O–H groups in total. The number of carbonyl (C=O) groups is 1. The van der Waals surface area contributed by atoms with Gasteiger partial charge in [0.2, 0.25) is 0 Å². The van der Waals surface area contributed by atoms with Gasteiger partial charge in [-0.3, -0.25) is 4.79 Å². The predicted octanol–water partition coefficient (Wildman–Crippen LogP) is 4.29. The topological polar surface area (TPSA) is 45.7 Å². The Hall–Kier alpha value is -2.70. The van der Waals surface area contributed by atoms with Crippen molar-refractivity contribution in [1.29, 1.82) is 0 Å². The number of nitrogens with two attached hydrogens (primary N) is 1. The van der Waals surface area contributed by atoms with Crippen LogP contribution in [-0.2, 0) is 4.79 Å². The highest BCUT2D eigenvalue weighted by atomic mass is 32.2. The van der Waals surface area contributed by atoms with Crippen LogP contribution in [0.5, 0.6) is 0 Å². The number of amides is 1. The molecule has 1 amide bonds. The van der Waals surface area contributed by atoms with Crippen LogP contribution in [-0.4, -0.2) is 18.2 Å². The van der Waals surface area contributed by atoms with Gasteiger partial charge in [-0.15, -0.1) is 0 Å². The first-order chi connectivity index (χ1) is 13.6. The summed E-state index contributed by atoms with van der Waals surface area (Å²) in [5.41, 5.74) is 2.59. The van der Waals surface area contributed by atoms with E-state index in [9.17, 15) is 13.6 Å². The van der Waals surface area contributed by atoms with Crippen LogP contribution in [0, 0.1) is 0 Å². The summed E-state index contributed by atoms with van der Waals surface area (Å²) in [7, 11) is 0. The number of para-hydroxylation sites is 1. The van der Waals surface area contributed by atoms with Crippen LogP contribution in [0.15, 0.2) is 89.8 Å². The number of rotatable bonds is 8. The molecule has 144 valence electrons. The van der Waals surface area contributed by atoms with Crippen molar-refractivity contribution in [3.05, 3.63) is 96.1 Å². The minimum Gasteiger partial charge on any atom is -0.328 e. The molecule has 0 aliphatic carbocycles. The van der Waals surface area contributed by atoms with E-state index in [1.807, 2.05) is 66.0 Å². The normalized spacial score (nSPS) is 11.0. The van der Waals surface area contributed by atoms with Crippen LogP contribution in [0.25, 0.3) is 0 Å². The molecule has 3 aromatic carbocycles. The van der Waals surface area contributed by atoms with E-state index in [0.717, 1.165) is 11.1 Å². The number of halogens is 2. The van der Waals surface area contributed by atoms with Gasteiger partial charge in [0.15, 0.2) is 6.54 Å². The van der Waals surface area contributed by atoms with Crippen LogP contribution in [0.3, 0.4) is 0 Å². The average Bonchev–Trinajstić information content (AvgIpc) is 2.71. The number of carbonyl (C=O) groups excluding carboxylic acids is 1. The number of hydrogen-bond donors (Lipinski definition) is 2. The summed E-state index contributed by atoms with van der Waals surface area (Å²) in [4.78, 5) is 12.8. The second-order valence-corrected chi connectivity index (χ2v) is 7.19. The Morgan fingerprint density at radius 3 is 1.96 bits per heavy atom. The number of hydrogen-bond acceptors (Lipinski definition) is 2. The first-order valence-electron chi connectivity index (χ1n) is 8.90. The summed E-state index contributed by atoms with van der Waals surface area (Å²) in [5, 5.41) is 4.70. The third-order valence-corrected chi connectivity index (χ3v) is 5.02. The number of thioether (sulfide) groups is 1. The lowest BCUT2D eigenvalue weighted by molar-refractivity contribution is -0.676. The van der Waals surface area contributed by atoms with Gasteiger partial charge in [0.1, 0.15) is 6.04 Å². The zero-order chi connectivity index (χ0) is 19.8. The number of anilines is 1. The quantitative estimate of drug-likeness (QED) is 0.555. The second-order valence-electron chi connectivity index (χ2n) is 6.16. The van der Waals surface area contributed by atoms with Crippen LogP contribution in [0.1, 0.15) is 17.2 Å². The first-order valence-corrected chi connectivity index (χ1v) is 9.78. The molecule has 0 radical (unpaired) electrons. The van der Waals surface area contributed by atoms with Gasteiger partial charge in [0, 0.05) is 16.0 Å². The maximum atomic E-state index is 12.7. The lowest BCUT2D eigenvalue weighted by Crippen LogP contribution is -2.87. The van der Waals surface area contributed by atoms with E-state index in [-0.39, 0.29) is 18.5 Å². The number of benzene rings is 3. The van der Waals surface area contributed by atoms with Crippen molar-refractivity contribution < 1.29 is 18.9 Å². The molecule has 3 rings (SSSR count). The molecule has 3 aromatic rings. The Bertz CT molecular complexity index is 852. The highest BCUT2D eigenvalue weighted by Crippen LogP contribution is 2.31. The second kappa shape index (κ2) is 10.0. The molecule has 3 nitrogen and oxygen atoms in total. The zero-order valence-corrected chi connectivity index (χ0v) is 15.9. The Labute approximate surface area is 167 Å². The van der Waals surface area contributed by atoms with Crippen molar-refractivity contribution in [3.63, 3.8) is 0 Å². The van der Waals surface area contributed by atoms with Crippen molar-refractivity contribution in [2.45, 2.75) is 16.7 Å². The lowest BCUT2D eigenvalue weighted by atomic mass is 9.99. The molecule has 0 aliphatic rings. The van der Waals surface area contributed by atoms with E-state index >= 15 is 0 Å². The van der Waals surface area contributed by atoms with Crippen LogP contribution < -0.4 is 10.6 Å². The fraction of sp³-hybridized carbons (Fsp3) is 0.136. The van der Waals surface area contributed by atoms with Crippen LogP contribution in [0.4, 0.5) is 14.5 Å². The minimum absolute atomic E-state index is 0.0289. The van der Waals surface area contributed by atoms with Gasteiger partial charge in [0.25, 0.3) is 11.7 Å². The smallest absolute Gasteiger partial charge is 0.288 e. The molecule has 6 heteroatoms. The summed E-state index contributed by atoms with van der Waals surface area (Å²) in [6.45, 7) is 0.169. The molecule has 0 atom stereocenters. The first kappa shape index (κ1) is 20.0. The molecule has 0 saturated heterocycles. The molecular weight excluding hydrogens is 378 g/mol. The van der Waals surface area contributed by atoms with Gasteiger partial charge >= 0.3 is 0 Å². The molecule has 0 spiro atoms. The highest BCUT2D eigenvalue weighted by molar-refractivity contribution is 7.99. The van der Waals surface area contributed by atoms with E-state index in [1.165, 1.54) is 0 Å². The fourth-order valence-electron chi connectivity index (χ4n) is 2.98. The summed E-state index contributed by atoms with van der Waals surface area (Å²) < 4.78 is 25.4. The van der Waals surface area contributed by atoms with Crippen LogP contribution >= 0.6 is 11.8 Å². The number of nitrogens with one attached hydrogen (secondary N) is 1. The molecular formula is C22H21F2N2OS+. The average molecular weight is 399 g/mol. The monoisotopic (exact) mass is 399 g/mol. The molecule has 0 unspecified atom stereocenters. The van der Waals surface area contributed by atoms with Gasteiger partial charge in [-0.1, -0.05) is 84.6 Å². The largest absolute Gasteiger partial charge is 0.328 e. The predicted molar refractivity (Wildman–Crippen MR) is 108 cm³/mol. The fourth-order valence-corrected chi connectivity index (χ4v) is 3.58. The van der Waals surface area contributed by atoms with Crippen LogP contribution in [0.2, 0.25) is 0 Å². The van der Waals surface area contributed by atoms with Gasteiger partial charge in [-0.05, 0) is 12.1 Å². The van der Waals surface area contributed by atoms with Gasteiger partial charge < -0.3 is 10.6 Å². The van der Waals surface area contributed by atoms with Crippen molar-refractivity contribution in [1.82, 2.24) is 0 Å². The molecule has 0 bridgehead atoms. The Morgan fingerprint density at radius 2 is 1.39 bits per heavy atom. The molecule has 0 saturated carbocycles. The molecule has 0 aliphatic heterocycles. The van der Waals surface area contributed by atoms with Gasteiger partial charge in [-0.25, -0.2) is 0 Å². The lowest BCUT2D eigenvalue weighted by Gasteiger charge is -2.17. The van der Waals surface area contributed by atoms with E-state index in [2.05, 4.69) is 5.32 Å². The Kier molecular flexibility index (Phi) is 7.17. The van der Waals surface area contributed by atoms with Crippen molar-refractivity contribution in [2.75, 3.05) is 11.9 Å². The SMILES string of the molecule is O=C(C[NH2+]C(c1ccccc1)c1ccccc1)Nc1ccccc1SC(F)F. The summed E-state index contributed by atoms with van der Waals surface area (Å²) in [6.07, 6.45) is 0. The van der Waals surface area contributed by atoms with Crippen molar-refractivity contribution in [3.8, 4) is 0 Å². The highest BCUT2D eigenvalue weighted by Gasteiger charge is 2.19. The molecule has 0 fully saturated rings. The van der Waals surface area contributed by atoms with E-state index in [1.54, 1.807) is 24.3 Å². The maximum absolute atomic E-state index is 12.7. The van der Waals surface area contributed by atoms with Crippen molar-refractivity contribution in [2.24, 2.45) is 0 Å². The van der Waals surface area contributed by atoms with Gasteiger partial charge in [0.05, 0.1) is 5.69 Å². The minimum atomic E-state index is -2.54. The Morgan fingerprint density at radius 1 is 0.857 bits per heavy atom. The maximum Gasteiger partial charge on any atom is 0.288 e. The summed E-state index contributed by atoms with van der Waals surface area (Å²) >= 11 is 0.427. The van der Waals surface area contributed by atoms with Gasteiger partial charge in [-0.2, -0.15) is 8.78 Å². The summed E-state index contributed by atoms with van der Waals surface area (Å²) in [5.74, 6) is -2.77. The standard InChI is InChI=1S/C22H20F2N2OS/c23-22(24)28-19-14-8-7-13-18(19)26-20(27)15-25-21(16-9-3-1-4-10-16)17-11-5-2-6-12-17/h1-14,21-22,25H,15H2,(H,26,27)/p+1. The van der Waals surface area contributed by atoms with E-state index in [4.69, 9.17) is 0 Å². The number of alkyl halides is 2. The van der Waals surface area contributed by atoms with E-state index < -0.39 is 5.76 Å². The third kappa shape index (κ3) is 5.65. The third-order valence-electron chi connectivity index (χ3n) is 4.23. The Balaban J connectivity index is 1.70. The molecule has 28 heavy (non-hydrogen) atoms. The molecule has 0 heterocycles. The van der Waals surface area contributed by atoms with E-state index in [0.29, 0.717) is 22.3 Å². The van der Waals surface area contributed by atoms with Crippen molar-refractivity contribution >= 4 is 23.4 Å². The number of quaternary nitrogens is 1. The molecule has 0 aromatic heterocycles. The summed E-state index contributed by atoms with van der Waals surface area (Å²) in [6, 6.07) is 26.5. The zero-order valence-electron chi connectivity index (χ0n) is 15.1.